The van der Waals surface area contributed by atoms with Gasteiger partial charge in [-0.1, -0.05) is 25.1 Å². The van der Waals surface area contributed by atoms with E-state index in [0.29, 0.717) is 39.8 Å². The maximum Gasteiger partial charge on any atom is 0.254 e. The minimum absolute atomic E-state index is 0.230. The van der Waals surface area contributed by atoms with E-state index < -0.39 is 12.0 Å². The lowest BCUT2D eigenvalue weighted by Gasteiger charge is -2.40. The highest BCUT2D eigenvalue weighted by molar-refractivity contribution is 6.05. The molecule has 2 unspecified atom stereocenters. The Kier molecular flexibility index (Phi) is 7.57. The summed E-state index contributed by atoms with van der Waals surface area (Å²) in [7, 11) is 7.84. The van der Waals surface area contributed by atoms with E-state index >= 15 is 0 Å². The molecule has 8 heteroatoms. The average molecular weight is 505 g/mol. The van der Waals surface area contributed by atoms with E-state index in [1.165, 1.54) is 19.8 Å². The Hall–Kier alpha value is -4.20. The number of nitrogens with zero attached hydrogens (tertiary/aromatic N) is 1. The molecular formula is C29H32N2O6. The summed E-state index contributed by atoms with van der Waals surface area (Å²) in [5.74, 6) is 0.690. The Morgan fingerprint density at radius 3 is 2.03 bits per heavy atom. The molecule has 3 aromatic rings. The highest BCUT2D eigenvalue weighted by atomic mass is 16.5. The molecule has 0 bridgehead atoms. The molecule has 2 amide bonds. The Bertz CT molecular complexity index is 1300. The maximum atomic E-state index is 14.0. The van der Waals surface area contributed by atoms with Crippen LogP contribution in [0.4, 0.5) is 5.69 Å². The first-order valence-electron chi connectivity index (χ1n) is 12.0. The third-order valence-electron chi connectivity index (χ3n) is 6.84. The number of likely N-dealkylation sites (N-methyl/N-ethyl adjacent to an activating group) is 1. The summed E-state index contributed by atoms with van der Waals surface area (Å²) < 4.78 is 21.9. The van der Waals surface area contributed by atoms with Crippen molar-refractivity contribution < 1.29 is 28.5 Å². The molecule has 1 heterocycles. The second kappa shape index (κ2) is 10.8. The number of hydrogen-bond acceptors (Lipinski definition) is 6. The molecule has 0 fully saturated rings. The van der Waals surface area contributed by atoms with Crippen LogP contribution in [-0.4, -0.2) is 52.2 Å². The highest BCUT2D eigenvalue weighted by Gasteiger charge is 2.44. The normalized spacial score (nSPS) is 16.6. The first-order chi connectivity index (χ1) is 17.9. The second-order valence-corrected chi connectivity index (χ2v) is 8.79. The fourth-order valence-corrected chi connectivity index (χ4v) is 4.83. The van der Waals surface area contributed by atoms with Crippen molar-refractivity contribution in [3.05, 3.63) is 76.9 Å². The van der Waals surface area contributed by atoms with Crippen LogP contribution in [0.5, 0.6) is 23.0 Å². The molecule has 1 N–H and O–H groups in total. The van der Waals surface area contributed by atoms with Gasteiger partial charge in [0.2, 0.25) is 5.91 Å². The molecule has 0 spiro atoms. The maximum absolute atomic E-state index is 14.0. The number of carbonyl (C=O) groups excluding carboxylic acids is 2. The molecule has 0 aromatic heterocycles. The van der Waals surface area contributed by atoms with Crippen molar-refractivity contribution in [1.29, 1.82) is 0 Å². The van der Waals surface area contributed by atoms with Crippen molar-refractivity contribution in [2.24, 2.45) is 0 Å². The quantitative estimate of drug-likeness (QED) is 0.473. The van der Waals surface area contributed by atoms with Gasteiger partial charge in [-0.2, -0.15) is 0 Å². The number of aryl methyl sites for hydroxylation is 1. The van der Waals surface area contributed by atoms with Crippen LogP contribution < -0.4 is 24.3 Å². The predicted molar refractivity (Wildman–Crippen MR) is 141 cm³/mol. The lowest BCUT2D eigenvalue weighted by molar-refractivity contribution is -0.119. The van der Waals surface area contributed by atoms with Gasteiger partial charge in [0.15, 0.2) is 23.0 Å². The number of benzene rings is 3. The molecule has 194 valence electrons. The van der Waals surface area contributed by atoms with Crippen LogP contribution in [0.3, 0.4) is 0 Å². The Balaban J connectivity index is 1.87. The summed E-state index contributed by atoms with van der Waals surface area (Å²) in [5, 5.41) is 3.05. The molecule has 0 saturated heterocycles. The number of fused-ring (bicyclic) bond motifs is 1. The van der Waals surface area contributed by atoms with E-state index in [1.807, 2.05) is 30.3 Å². The van der Waals surface area contributed by atoms with Gasteiger partial charge in [0.1, 0.15) is 0 Å². The number of anilines is 1. The number of ether oxygens (including phenoxy) is 4. The molecule has 4 rings (SSSR count). The number of nitrogens with one attached hydrogen (secondary N) is 1. The summed E-state index contributed by atoms with van der Waals surface area (Å²) in [6, 6.07) is 15.9. The second-order valence-electron chi connectivity index (χ2n) is 8.79. The van der Waals surface area contributed by atoms with Gasteiger partial charge in [-0.05, 0) is 59.5 Å². The zero-order valence-electron chi connectivity index (χ0n) is 22.0. The molecule has 8 nitrogen and oxygen atoms in total. The van der Waals surface area contributed by atoms with E-state index in [0.717, 1.165) is 12.0 Å². The number of carbonyl (C=O) groups is 2. The fraction of sp³-hybridized carbons (Fsp3) is 0.310. The van der Waals surface area contributed by atoms with Crippen molar-refractivity contribution in [1.82, 2.24) is 4.90 Å². The molecule has 37 heavy (non-hydrogen) atoms. The third-order valence-corrected chi connectivity index (χ3v) is 6.84. The standard InChI is InChI=1S/C29H32N2O6/c1-7-17-8-11-19(12-9-17)30-28(32)26-20-15-24(36-5)25(37-6)16-21(20)29(33)31(2)27(26)18-10-13-22(34-3)23(14-18)35-4/h8-16,26-27H,7H2,1-6H3,(H,30,32). The van der Waals surface area contributed by atoms with Crippen LogP contribution in [0, 0.1) is 0 Å². The molecule has 1 aliphatic rings. The molecule has 0 aliphatic carbocycles. The molecular weight excluding hydrogens is 472 g/mol. The van der Waals surface area contributed by atoms with Crippen LogP contribution in [-0.2, 0) is 11.2 Å². The minimum atomic E-state index is -0.749. The van der Waals surface area contributed by atoms with Gasteiger partial charge in [0, 0.05) is 18.3 Å². The summed E-state index contributed by atoms with van der Waals surface area (Å²) in [6.45, 7) is 2.08. The van der Waals surface area contributed by atoms with Gasteiger partial charge in [-0.3, -0.25) is 9.59 Å². The Morgan fingerprint density at radius 2 is 1.43 bits per heavy atom. The van der Waals surface area contributed by atoms with Crippen LogP contribution in [0.25, 0.3) is 0 Å². The van der Waals surface area contributed by atoms with Gasteiger partial charge in [0.05, 0.1) is 40.4 Å². The Labute approximate surface area is 217 Å². The van der Waals surface area contributed by atoms with Crippen molar-refractivity contribution in [2.45, 2.75) is 25.3 Å². The summed E-state index contributed by atoms with van der Waals surface area (Å²) in [4.78, 5) is 29.1. The van der Waals surface area contributed by atoms with Crippen molar-refractivity contribution in [2.75, 3.05) is 40.8 Å². The van der Waals surface area contributed by atoms with Crippen LogP contribution in [0.15, 0.2) is 54.6 Å². The van der Waals surface area contributed by atoms with Gasteiger partial charge < -0.3 is 29.2 Å². The van der Waals surface area contributed by atoms with Gasteiger partial charge >= 0.3 is 0 Å². The number of rotatable bonds is 8. The van der Waals surface area contributed by atoms with Crippen LogP contribution in [0.2, 0.25) is 0 Å². The lowest BCUT2D eigenvalue weighted by Crippen LogP contribution is -2.44. The first kappa shape index (κ1) is 25.9. The topological polar surface area (TPSA) is 86.3 Å². The SMILES string of the molecule is CCc1ccc(NC(=O)C2c3cc(OC)c(OC)cc3C(=O)N(C)C2c2ccc(OC)c(OC)c2)cc1. The van der Waals surface area contributed by atoms with E-state index in [2.05, 4.69) is 12.2 Å². The van der Waals surface area contributed by atoms with E-state index in [4.69, 9.17) is 18.9 Å². The van der Waals surface area contributed by atoms with E-state index in [9.17, 15) is 9.59 Å². The number of methoxy groups -OCH3 is 4. The number of amides is 2. The lowest BCUT2D eigenvalue weighted by atomic mass is 9.79. The first-order valence-corrected chi connectivity index (χ1v) is 12.0. The van der Waals surface area contributed by atoms with E-state index in [1.54, 1.807) is 50.4 Å². The summed E-state index contributed by atoms with van der Waals surface area (Å²) in [5.41, 5.74) is 3.53. The predicted octanol–water partition coefficient (Wildman–Crippen LogP) is 4.83. The van der Waals surface area contributed by atoms with Gasteiger partial charge in [-0.25, -0.2) is 0 Å². The van der Waals surface area contributed by atoms with Gasteiger partial charge in [0.25, 0.3) is 5.91 Å². The molecule has 1 aliphatic heterocycles. The molecule has 2 atom stereocenters. The smallest absolute Gasteiger partial charge is 0.254 e. The molecule has 3 aromatic carbocycles. The molecule has 0 radical (unpaired) electrons. The Morgan fingerprint density at radius 1 is 0.838 bits per heavy atom. The van der Waals surface area contributed by atoms with Gasteiger partial charge in [-0.15, -0.1) is 0 Å². The minimum Gasteiger partial charge on any atom is -0.493 e. The average Bonchev–Trinajstić information content (AvgIpc) is 2.93. The van der Waals surface area contributed by atoms with Crippen molar-refractivity contribution >= 4 is 17.5 Å². The molecule has 0 saturated carbocycles. The van der Waals surface area contributed by atoms with Crippen molar-refractivity contribution in [3.8, 4) is 23.0 Å². The monoisotopic (exact) mass is 504 g/mol. The summed E-state index contributed by atoms with van der Waals surface area (Å²) >= 11 is 0. The largest absolute Gasteiger partial charge is 0.493 e. The zero-order valence-corrected chi connectivity index (χ0v) is 22.0. The fourth-order valence-electron chi connectivity index (χ4n) is 4.83. The van der Waals surface area contributed by atoms with Crippen molar-refractivity contribution in [3.63, 3.8) is 0 Å². The van der Waals surface area contributed by atoms with E-state index in [-0.39, 0.29) is 11.8 Å². The van der Waals surface area contributed by atoms with Crippen LogP contribution >= 0.6 is 0 Å². The highest BCUT2D eigenvalue weighted by Crippen LogP contribution is 2.47. The van der Waals surface area contributed by atoms with Crippen LogP contribution in [0.1, 0.15) is 45.9 Å². The number of hydrogen-bond donors (Lipinski definition) is 1. The summed E-state index contributed by atoms with van der Waals surface area (Å²) in [6.07, 6.45) is 0.903. The zero-order chi connectivity index (χ0) is 26.7. The third kappa shape index (κ3) is 4.79.